The van der Waals surface area contributed by atoms with Gasteiger partial charge in [0.05, 0.1) is 23.8 Å². The molecule has 8 heteroatoms. The van der Waals surface area contributed by atoms with Crippen molar-refractivity contribution in [1.29, 1.82) is 0 Å². The third-order valence-corrected chi connectivity index (χ3v) is 4.43. The minimum atomic E-state index is 0.0946. The van der Waals surface area contributed by atoms with Crippen LogP contribution in [0.5, 0.6) is 5.75 Å². The molecular weight excluding hydrogens is 318 g/mol. The van der Waals surface area contributed by atoms with Gasteiger partial charge in [0.25, 0.3) is 0 Å². The molecule has 0 radical (unpaired) electrons. The summed E-state index contributed by atoms with van der Waals surface area (Å²) in [6.45, 7) is 0.828. The highest BCUT2D eigenvalue weighted by molar-refractivity contribution is 5.65. The van der Waals surface area contributed by atoms with Crippen molar-refractivity contribution in [3.8, 4) is 22.8 Å². The number of aromatic hydroxyl groups is 1. The van der Waals surface area contributed by atoms with Gasteiger partial charge >= 0.3 is 0 Å². The van der Waals surface area contributed by atoms with Gasteiger partial charge < -0.3 is 20.7 Å². The Kier molecular flexibility index (Phi) is 4.02. The zero-order valence-corrected chi connectivity index (χ0v) is 13.6. The maximum atomic E-state index is 10.3. The molecule has 0 bridgehead atoms. The van der Waals surface area contributed by atoms with E-state index in [4.69, 9.17) is 5.73 Å². The van der Waals surface area contributed by atoms with Crippen molar-refractivity contribution in [1.82, 2.24) is 24.7 Å². The van der Waals surface area contributed by atoms with E-state index in [-0.39, 0.29) is 5.75 Å². The summed E-state index contributed by atoms with van der Waals surface area (Å²) < 4.78 is 1.81. The first-order chi connectivity index (χ1) is 12.2. The summed E-state index contributed by atoms with van der Waals surface area (Å²) in [5.74, 6) is 1.69. The topological polar surface area (TPSA) is 115 Å². The Bertz CT molecular complexity index is 842. The van der Waals surface area contributed by atoms with E-state index < -0.39 is 0 Å². The molecule has 0 atom stereocenters. The van der Waals surface area contributed by atoms with Crippen molar-refractivity contribution in [3.63, 3.8) is 0 Å². The number of phenols is 1. The van der Waals surface area contributed by atoms with Crippen molar-refractivity contribution in [2.24, 2.45) is 11.7 Å². The summed E-state index contributed by atoms with van der Waals surface area (Å²) in [6.07, 6.45) is 8.88. The van der Waals surface area contributed by atoms with Gasteiger partial charge in [0.2, 0.25) is 0 Å². The van der Waals surface area contributed by atoms with Crippen molar-refractivity contribution in [2.75, 3.05) is 11.9 Å². The Hall–Kier alpha value is -3.00. The van der Waals surface area contributed by atoms with E-state index in [2.05, 4.69) is 25.5 Å². The van der Waals surface area contributed by atoms with E-state index in [0.717, 1.165) is 25.1 Å². The molecule has 0 saturated heterocycles. The number of phenolic OH excluding ortho intramolecular Hbond substituents is 1. The van der Waals surface area contributed by atoms with Crippen LogP contribution < -0.4 is 11.1 Å². The summed E-state index contributed by atoms with van der Waals surface area (Å²) in [5, 5.41) is 21.8. The number of hydrogen-bond donors (Lipinski definition) is 3. The minimum Gasteiger partial charge on any atom is -0.507 e. The number of imidazole rings is 1. The van der Waals surface area contributed by atoms with Crippen molar-refractivity contribution in [3.05, 3.63) is 43.1 Å². The lowest BCUT2D eigenvalue weighted by atomic mass is 9.81. The molecule has 0 spiro atoms. The average Bonchev–Trinajstić information content (AvgIpc) is 3.13. The van der Waals surface area contributed by atoms with Crippen LogP contribution in [-0.2, 0) is 0 Å². The van der Waals surface area contributed by atoms with Crippen molar-refractivity contribution >= 4 is 5.82 Å². The van der Waals surface area contributed by atoms with E-state index in [0.29, 0.717) is 29.2 Å². The Morgan fingerprint density at radius 3 is 2.80 bits per heavy atom. The molecule has 1 aromatic carbocycles. The molecule has 3 aromatic rings. The van der Waals surface area contributed by atoms with Gasteiger partial charge in [0, 0.05) is 31.0 Å². The van der Waals surface area contributed by atoms with Crippen LogP contribution in [0.3, 0.4) is 0 Å². The molecule has 128 valence electrons. The first-order valence-corrected chi connectivity index (χ1v) is 8.20. The van der Waals surface area contributed by atoms with Gasteiger partial charge in [-0.05, 0) is 30.9 Å². The van der Waals surface area contributed by atoms with Crippen LogP contribution in [0.1, 0.15) is 12.8 Å². The van der Waals surface area contributed by atoms with Crippen molar-refractivity contribution < 1.29 is 5.11 Å². The molecule has 1 aliphatic rings. The van der Waals surface area contributed by atoms with E-state index >= 15 is 0 Å². The average molecular weight is 337 g/mol. The van der Waals surface area contributed by atoms with Crippen molar-refractivity contribution in [2.45, 2.75) is 18.9 Å². The number of rotatable bonds is 5. The Labute approximate surface area is 144 Å². The van der Waals surface area contributed by atoms with Crippen LogP contribution in [0.25, 0.3) is 17.1 Å². The molecule has 0 unspecified atom stereocenters. The van der Waals surface area contributed by atoms with E-state index in [1.807, 2.05) is 16.8 Å². The number of benzene rings is 1. The quantitative estimate of drug-likeness (QED) is 0.647. The number of nitrogens with two attached hydrogens (primary N) is 1. The summed E-state index contributed by atoms with van der Waals surface area (Å²) in [7, 11) is 0. The Morgan fingerprint density at radius 1 is 1.28 bits per heavy atom. The molecule has 1 saturated carbocycles. The molecular formula is C17H19N7O. The zero-order chi connectivity index (χ0) is 17.2. The molecule has 2 aromatic heterocycles. The predicted octanol–water partition coefficient (Wildman–Crippen LogP) is 1.58. The normalized spacial score (nSPS) is 19.4. The second-order valence-corrected chi connectivity index (χ2v) is 6.32. The zero-order valence-electron chi connectivity index (χ0n) is 13.6. The Balaban J connectivity index is 1.46. The molecule has 0 amide bonds. The molecule has 25 heavy (non-hydrogen) atoms. The standard InChI is InChI=1S/C17H19N7O/c18-12-5-11(6-12)8-20-16-9-21-17(23-22-16)14-2-1-13(7-15(14)25)24-4-3-19-10-24/h1-4,7,9-12,25H,5-6,8,18H2,(H,20,22). The van der Waals surface area contributed by atoms with E-state index in [9.17, 15) is 5.11 Å². The maximum absolute atomic E-state index is 10.3. The molecule has 2 heterocycles. The molecule has 1 fully saturated rings. The fourth-order valence-electron chi connectivity index (χ4n) is 2.96. The fourth-order valence-corrected chi connectivity index (χ4v) is 2.96. The smallest absolute Gasteiger partial charge is 0.185 e. The highest BCUT2D eigenvalue weighted by atomic mass is 16.3. The van der Waals surface area contributed by atoms with Crippen LogP contribution in [-0.4, -0.2) is 42.4 Å². The number of nitrogens with zero attached hydrogens (tertiary/aromatic N) is 5. The van der Waals surface area contributed by atoms with Gasteiger partial charge in [-0.1, -0.05) is 0 Å². The Morgan fingerprint density at radius 2 is 2.16 bits per heavy atom. The number of anilines is 1. The van der Waals surface area contributed by atoms with Crippen LogP contribution in [0, 0.1) is 5.92 Å². The van der Waals surface area contributed by atoms with Crippen LogP contribution in [0.2, 0.25) is 0 Å². The maximum Gasteiger partial charge on any atom is 0.185 e. The third-order valence-electron chi connectivity index (χ3n) is 4.43. The first kappa shape index (κ1) is 15.5. The predicted molar refractivity (Wildman–Crippen MR) is 93.2 cm³/mol. The summed E-state index contributed by atoms with van der Waals surface area (Å²) in [5.41, 5.74) is 7.13. The largest absolute Gasteiger partial charge is 0.507 e. The lowest BCUT2D eigenvalue weighted by molar-refractivity contribution is 0.280. The number of aromatic nitrogens is 5. The fraction of sp³-hybridized carbons (Fsp3) is 0.294. The molecule has 0 aliphatic heterocycles. The van der Waals surface area contributed by atoms with Crippen LogP contribution >= 0.6 is 0 Å². The van der Waals surface area contributed by atoms with Gasteiger partial charge in [-0.3, -0.25) is 0 Å². The lowest BCUT2D eigenvalue weighted by Crippen LogP contribution is -2.39. The number of hydrogen-bond acceptors (Lipinski definition) is 7. The van der Waals surface area contributed by atoms with Crippen LogP contribution in [0.4, 0.5) is 5.82 Å². The highest BCUT2D eigenvalue weighted by Gasteiger charge is 2.25. The minimum absolute atomic E-state index is 0.0946. The van der Waals surface area contributed by atoms with E-state index in [1.165, 1.54) is 0 Å². The second kappa shape index (κ2) is 6.48. The van der Waals surface area contributed by atoms with Gasteiger partial charge in [-0.25, -0.2) is 9.97 Å². The summed E-state index contributed by atoms with van der Waals surface area (Å²) in [4.78, 5) is 8.29. The molecule has 4 rings (SSSR count). The molecule has 8 nitrogen and oxygen atoms in total. The van der Waals surface area contributed by atoms with Gasteiger partial charge in [0.15, 0.2) is 11.6 Å². The first-order valence-electron chi connectivity index (χ1n) is 8.20. The third kappa shape index (κ3) is 3.29. The second-order valence-electron chi connectivity index (χ2n) is 6.32. The van der Waals surface area contributed by atoms with Gasteiger partial charge in [-0.2, -0.15) is 0 Å². The molecule has 1 aliphatic carbocycles. The van der Waals surface area contributed by atoms with E-state index in [1.54, 1.807) is 30.9 Å². The monoisotopic (exact) mass is 337 g/mol. The molecule has 4 N–H and O–H groups in total. The SMILES string of the molecule is NC1CC(CNc2cnc(-c3ccc(-n4ccnc4)cc3O)nn2)C1. The van der Waals surface area contributed by atoms with Gasteiger partial charge in [0.1, 0.15) is 5.75 Å². The number of nitrogens with one attached hydrogen (secondary N) is 1. The summed E-state index contributed by atoms with van der Waals surface area (Å²) in [6, 6.07) is 5.62. The summed E-state index contributed by atoms with van der Waals surface area (Å²) >= 11 is 0. The highest BCUT2D eigenvalue weighted by Crippen LogP contribution is 2.29. The van der Waals surface area contributed by atoms with Gasteiger partial charge in [-0.15, -0.1) is 10.2 Å². The van der Waals surface area contributed by atoms with Crippen LogP contribution in [0.15, 0.2) is 43.1 Å². The lowest BCUT2D eigenvalue weighted by Gasteiger charge is -2.32.